The van der Waals surface area contributed by atoms with E-state index in [9.17, 15) is 14.4 Å². The molecule has 0 aliphatic heterocycles. The molecular formula is C26H28N4O5. The summed E-state index contributed by atoms with van der Waals surface area (Å²) in [6.07, 6.45) is 0.108. The fourth-order valence-corrected chi connectivity index (χ4v) is 4.35. The van der Waals surface area contributed by atoms with E-state index in [-0.39, 0.29) is 43.1 Å². The number of aryl methyl sites for hydroxylation is 1. The normalized spacial score (nSPS) is 13.0. The fourth-order valence-electron chi connectivity index (χ4n) is 4.35. The molecule has 0 saturated heterocycles. The van der Waals surface area contributed by atoms with Gasteiger partial charge in [0.25, 0.3) is 0 Å². The van der Waals surface area contributed by atoms with E-state index in [1.165, 1.54) is 28.9 Å². The minimum absolute atomic E-state index is 0.0116. The van der Waals surface area contributed by atoms with E-state index in [4.69, 9.17) is 9.84 Å². The number of hydrogen-bond acceptors (Lipinski definition) is 5. The van der Waals surface area contributed by atoms with Gasteiger partial charge in [-0.15, -0.1) is 0 Å². The van der Waals surface area contributed by atoms with Gasteiger partial charge < -0.3 is 20.5 Å². The van der Waals surface area contributed by atoms with E-state index in [2.05, 4.69) is 40.0 Å². The van der Waals surface area contributed by atoms with Crippen LogP contribution in [0.4, 0.5) is 4.79 Å². The van der Waals surface area contributed by atoms with Crippen molar-refractivity contribution in [1.29, 1.82) is 0 Å². The smallest absolute Gasteiger partial charge is 0.407 e. The summed E-state index contributed by atoms with van der Waals surface area (Å²) >= 11 is 0. The third-order valence-corrected chi connectivity index (χ3v) is 6.13. The van der Waals surface area contributed by atoms with E-state index in [1.54, 1.807) is 0 Å². The number of ether oxygens (including phenoxy) is 1. The number of fused-ring (bicyclic) bond motifs is 3. The van der Waals surface area contributed by atoms with E-state index < -0.39 is 12.1 Å². The maximum Gasteiger partial charge on any atom is 0.407 e. The third-order valence-electron chi connectivity index (χ3n) is 6.13. The second-order valence-electron chi connectivity index (χ2n) is 8.64. The number of benzene rings is 2. The van der Waals surface area contributed by atoms with Crippen LogP contribution in [0.3, 0.4) is 0 Å². The average molecular weight is 477 g/mol. The highest BCUT2D eigenvalue weighted by molar-refractivity contribution is 5.85. The fraction of sp³-hybridized carbons (Fsp3) is 0.308. The number of carbonyl (C=O) groups is 3. The van der Waals surface area contributed by atoms with Gasteiger partial charge in [-0.1, -0.05) is 48.5 Å². The molecule has 182 valence electrons. The molecule has 2 aromatic carbocycles. The Morgan fingerprint density at radius 3 is 2.31 bits per heavy atom. The number of hydrogen-bond donors (Lipinski definition) is 3. The second-order valence-corrected chi connectivity index (χ2v) is 8.64. The van der Waals surface area contributed by atoms with Crippen molar-refractivity contribution in [2.75, 3.05) is 6.61 Å². The van der Waals surface area contributed by atoms with Crippen LogP contribution in [0.1, 0.15) is 53.0 Å². The topological polar surface area (TPSA) is 123 Å². The lowest BCUT2D eigenvalue weighted by Gasteiger charge is -2.17. The maximum absolute atomic E-state index is 12.4. The van der Waals surface area contributed by atoms with Crippen LogP contribution in [0.2, 0.25) is 0 Å². The number of carbonyl (C=O) groups excluding carboxylic acids is 2. The summed E-state index contributed by atoms with van der Waals surface area (Å²) < 4.78 is 6.80. The van der Waals surface area contributed by atoms with Crippen LogP contribution in [-0.2, 0) is 23.1 Å². The Balaban J connectivity index is 1.21. The highest BCUT2D eigenvalue weighted by atomic mass is 16.5. The van der Waals surface area contributed by atoms with Gasteiger partial charge in [0.15, 0.2) is 0 Å². The number of amides is 2. The largest absolute Gasteiger partial charge is 0.477 e. The first-order chi connectivity index (χ1) is 16.8. The molecule has 0 radical (unpaired) electrons. The van der Waals surface area contributed by atoms with E-state index in [1.807, 2.05) is 31.2 Å². The van der Waals surface area contributed by atoms with Crippen LogP contribution in [-0.4, -0.2) is 45.5 Å². The van der Waals surface area contributed by atoms with Crippen LogP contribution in [0.5, 0.6) is 0 Å². The first-order valence-corrected chi connectivity index (χ1v) is 11.5. The highest BCUT2D eigenvalue weighted by Crippen LogP contribution is 2.44. The maximum atomic E-state index is 12.4. The van der Waals surface area contributed by atoms with Crippen LogP contribution >= 0.6 is 0 Å². The van der Waals surface area contributed by atoms with Crippen molar-refractivity contribution < 1.29 is 24.2 Å². The Bertz CT molecular complexity index is 1210. The molecule has 1 atom stereocenters. The predicted molar refractivity (Wildman–Crippen MR) is 129 cm³/mol. The Morgan fingerprint density at radius 1 is 1.09 bits per heavy atom. The second kappa shape index (κ2) is 10.4. The SMILES string of the molecule is CC(CCC(=O)NCc1cc(C(=O)O)n(C)n1)NC(=O)OCC1c2ccccc2-c2ccccc21. The highest BCUT2D eigenvalue weighted by Gasteiger charge is 2.29. The van der Waals surface area contributed by atoms with Gasteiger partial charge in [0.2, 0.25) is 5.91 Å². The molecule has 0 spiro atoms. The molecule has 9 nitrogen and oxygen atoms in total. The van der Waals surface area contributed by atoms with Crippen LogP contribution < -0.4 is 10.6 Å². The molecule has 0 fully saturated rings. The van der Waals surface area contributed by atoms with E-state index in [0.29, 0.717) is 12.1 Å². The summed E-state index contributed by atoms with van der Waals surface area (Å²) in [6.45, 7) is 2.18. The lowest BCUT2D eigenvalue weighted by Crippen LogP contribution is -2.35. The molecule has 4 rings (SSSR count). The van der Waals surface area contributed by atoms with Gasteiger partial charge in [-0.2, -0.15) is 5.10 Å². The minimum Gasteiger partial charge on any atom is -0.477 e. The molecule has 3 N–H and O–H groups in total. The molecular weight excluding hydrogens is 448 g/mol. The summed E-state index contributed by atoms with van der Waals surface area (Å²) in [4.78, 5) is 35.6. The summed E-state index contributed by atoms with van der Waals surface area (Å²) in [5, 5.41) is 18.6. The molecule has 35 heavy (non-hydrogen) atoms. The van der Waals surface area contributed by atoms with Gasteiger partial charge in [-0.3, -0.25) is 9.48 Å². The molecule has 1 aliphatic carbocycles. The lowest BCUT2D eigenvalue weighted by molar-refractivity contribution is -0.121. The summed E-state index contributed by atoms with van der Waals surface area (Å²) in [5.74, 6) is -1.30. The predicted octanol–water partition coefficient (Wildman–Crippen LogP) is 3.44. The Morgan fingerprint density at radius 2 is 1.71 bits per heavy atom. The molecule has 2 amide bonds. The van der Waals surface area contributed by atoms with Crippen LogP contribution in [0.25, 0.3) is 11.1 Å². The van der Waals surface area contributed by atoms with Crippen molar-refractivity contribution in [3.05, 3.63) is 77.1 Å². The number of carboxylic acids is 1. The van der Waals surface area contributed by atoms with Crippen molar-refractivity contribution in [1.82, 2.24) is 20.4 Å². The van der Waals surface area contributed by atoms with Gasteiger partial charge >= 0.3 is 12.1 Å². The van der Waals surface area contributed by atoms with Crippen molar-refractivity contribution in [3.63, 3.8) is 0 Å². The summed E-state index contributed by atoms with van der Waals surface area (Å²) in [5.41, 5.74) is 5.14. The zero-order chi connectivity index (χ0) is 24.9. The Hall–Kier alpha value is -4.14. The van der Waals surface area contributed by atoms with Crippen molar-refractivity contribution in [3.8, 4) is 11.1 Å². The number of alkyl carbamates (subject to hydrolysis) is 1. The number of aromatic carboxylic acids is 1. The monoisotopic (exact) mass is 476 g/mol. The van der Waals surface area contributed by atoms with Crippen molar-refractivity contribution >= 4 is 18.0 Å². The molecule has 1 aromatic heterocycles. The lowest BCUT2D eigenvalue weighted by atomic mass is 9.98. The van der Waals surface area contributed by atoms with Gasteiger partial charge in [0, 0.05) is 25.4 Å². The number of nitrogens with one attached hydrogen (secondary N) is 2. The average Bonchev–Trinajstić information content (AvgIpc) is 3.38. The van der Waals surface area contributed by atoms with Gasteiger partial charge in [-0.25, -0.2) is 9.59 Å². The molecule has 1 unspecified atom stereocenters. The standard InChI is InChI=1S/C26H28N4O5/c1-16(11-12-24(31)27-14-17-13-23(25(32)33)30(2)29-17)28-26(34)35-15-22-20-9-5-3-7-18(20)19-8-4-6-10-21(19)22/h3-10,13,16,22H,11-12,14-15H2,1-2H3,(H,27,31)(H,28,34)(H,32,33). The molecule has 0 bridgehead atoms. The molecule has 9 heteroatoms. The number of aromatic nitrogens is 2. The van der Waals surface area contributed by atoms with Crippen molar-refractivity contribution in [2.45, 2.75) is 38.3 Å². The van der Waals surface area contributed by atoms with E-state index >= 15 is 0 Å². The van der Waals surface area contributed by atoms with Crippen LogP contribution in [0.15, 0.2) is 54.6 Å². The van der Waals surface area contributed by atoms with E-state index in [0.717, 1.165) is 11.1 Å². The molecule has 1 aliphatic rings. The zero-order valence-corrected chi connectivity index (χ0v) is 19.7. The summed E-state index contributed by atoms with van der Waals surface area (Å²) in [6, 6.07) is 17.5. The minimum atomic E-state index is -1.08. The van der Waals surface area contributed by atoms with Crippen molar-refractivity contribution in [2.24, 2.45) is 7.05 Å². The van der Waals surface area contributed by atoms with Gasteiger partial charge in [0.05, 0.1) is 12.2 Å². The number of rotatable bonds is 9. The van der Waals surface area contributed by atoms with Gasteiger partial charge in [0.1, 0.15) is 12.3 Å². The Labute approximate surface area is 203 Å². The number of carboxylic acid groups (broad SMARTS) is 1. The first-order valence-electron chi connectivity index (χ1n) is 11.5. The van der Waals surface area contributed by atoms with Crippen LogP contribution in [0, 0.1) is 0 Å². The third kappa shape index (κ3) is 5.51. The quantitative estimate of drug-likeness (QED) is 0.435. The first kappa shape index (κ1) is 24.0. The molecule has 1 heterocycles. The zero-order valence-electron chi connectivity index (χ0n) is 19.7. The number of nitrogens with zero attached hydrogens (tertiary/aromatic N) is 2. The Kier molecular flexibility index (Phi) is 7.14. The summed E-state index contributed by atoms with van der Waals surface area (Å²) in [7, 11) is 1.53. The van der Waals surface area contributed by atoms with Gasteiger partial charge in [-0.05, 0) is 41.7 Å². The molecule has 3 aromatic rings. The molecule has 0 saturated carbocycles.